The average molecular weight is 442 g/mol. The molecular formula is C27H31N5O. The van der Waals surface area contributed by atoms with Gasteiger partial charge in [-0.25, -0.2) is 4.98 Å². The number of aromatic amines is 1. The summed E-state index contributed by atoms with van der Waals surface area (Å²) in [5.74, 6) is 0.866. The minimum absolute atomic E-state index is 0.00806. The lowest BCUT2D eigenvalue weighted by molar-refractivity contribution is 0.0840. The van der Waals surface area contributed by atoms with Gasteiger partial charge < -0.3 is 10.3 Å². The van der Waals surface area contributed by atoms with Gasteiger partial charge in [-0.05, 0) is 74.1 Å². The van der Waals surface area contributed by atoms with E-state index in [0.717, 1.165) is 80.6 Å². The Balaban J connectivity index is 1.28. The molecule has 0 radical (unpaired) electrons. The number of carbonyl (C=O) groups is 1. The van der Waals surface area contributed by atoms with Crippen LogP contribution in [-0.4, -0.2) is 39.4 Å². The maximum atomic E-state index is 13.3. The van der Waals surface area contributed by atoms with Crippen molar-refractivity contribution in [2.45, 2.75) is 64.0 Å². The summed E-state index contributed by atoms with van der Waals surface area (Å²) >= 11 is 0. The Bertz CT molecular complexity index is 1210. The van der Waals surface area contributed by atoms with Gasteiger partial charge in [0.25, 0.3) is 5.91 Å². The van der Waals surface area contributed by atoms with Crippen LogP contribution < -0.4 is 5.32 Å². The fraction of sp³-hybridized carbons (Fsp3) is 0.444. The number of hydrogen-bond acceptors (Lipinski definition) is 4. The van der Waals surface area contributed by atoms with Gasteiger partial charge >= 0.3 is 0 Å². The van der Waals surface area contributed by atoms with Gasteiger partial charge in [-0.15, -0.1) is 0 Å². The van der Waals surface area contributed by atoms with Crippen molar-refractivity contribution < 1.29 is 4.79 Å². The Hall–Kier alpha value is -3.17. The molecule has 33 heavy (non-hydrogen) atoms. The van der Waals surface area contributed by atoms with Crippen molar-refractivity contribution >= 4 is 16.9 Å². The molecule has 6 nitrogen and oxygen atoms in total. The van der Waals surface area contributed by atoms with Crippen LogP contribution in [0.5, 0.6) is 0 Å². The molecule has 3 aromatic rings. The number of benzene rings is 2. The lowest BCUT2D eigenvalue weighted by Crippen LogP contribution is -2.51. The van der Waals surface area contributed by atoms with Crippen LogP contribution in [0.15, 0.2) is 36.4 Å². The Morgan fingerprint density at radius 2 is 2.03 bits per heavy atom. The van der Waals surface area contributed by atoms with E-state index in [1.807, 2.05) is 37.3 Å². The predicted octanol–water partition coefficient (Wildman–Crippen LogP) is 4.62. The van der Waals surface area contributed by atoms with Crippen LogP contribution in [0, 0.1) is 18.3 Å². The standard InChI is InChI=1S/C27H31N5O/c1-19-29-24-8-7-22(16-25(24)30-19)26(33)31-27(10-3-2-4-11-27)12-14-32-13-9-21-6-5-20(17-28)15-23(21)18-32/h5-8,15-16H,2-4,9-14,18H2,1H3,(H,29,30)(H,31,33). The highest BCUT2D eigenvalue weighted by Crippen LogP contribution is 2.32. The summed E-state index contributed by atoms with van der Waals surface area (Å²) in [6, 6.07) is 14.0. The Labute approximate surface area is 195 Å². The molecule has 2 heterocycles. The number of nitrogens with zero attached hydrogens (tertiary/aromatic N) is 3. The number of aryl methyl sites for hydroxylation is 1. The first-order chi connectivity index (χ1) is 16.0. The Kier molecular flexibility index (Phi) is 5.90. The smallest absolute Gasteiger partial charge is 0.251 e. The largest absolute Gasteiger partial charge is 0.347 e. The van der Waals surface area contributed by atoms with Crippen LogP contribution in [0.25, 0.3) is 11.0 Å². The van der Waals surface area contributed by atoms with E-state index in [0.29, 0.717) is 5.56 Å². The number of fused-ring (bicyclic) bond motifs is 2. The molecular weight excluding hydrogens is 410 g/mol. The zero-order chi connectivity index (χ0) is 22.8. The van der Waals surface area contributed by atoms with E-state index in [-0.39, 0.29) is 11.4 Å². The average Bonchev–Trinajstić information content (AvgIpc) is 3.22. The van der Waals surface area contributed by atoms with E-state index >= 15 is 0 Å². The second kappa shape index (κ2) is 8.99. The molecule has 0 atom stereocenters. The third-order valence-corrected chi connectivity index (χ3v) is 7.39. The van der Waals surface area contributed by atoms with Gasteiger partial charge in [-0.1, -0.05) is 25.3 Å². The van der Waals surface area contributed by atoms with E-state index in [9.17, 15) is 10.1 Å². The maximum absolute atomic E-state index is 13.3. The first-order valence-corrected chi connectivity index (χ1v) is 12.1. The van der Waals surface area contributed by atoms with Crippen molar-refractivity contribution in [3.05, 3.63) is 64.5 Å². The minimum Gasteiger partial charge on any atom is -0.347 e. The number of hydrogen-bond donors (Lipinski definition) is 2. The van der Waals surface area contributed by atoms with E-state index in [1.54, 1.807) is 0 Å². The maximum Gasteiger partial charge on any atom is 0.251 e. The molecule has 170 valence electrons. The molecule has 0 spiro atoms. The van der Waals surface area contributed by atoms with Gasteiger partial charge in [-0.3, -0.25) is 9.69 Å². The van der Waals surface area contributed by atoms with Crippen molar-refractivity contribution in [2.75, 3.05) is 13.1 Å². The molecule has 1 fully saturated rings. The number of nitriles is 1. The number of nitrogens with one attached hydrogen (secondary N) is 2. The summed E-state index contributed by atoms with van der Waals surface area (Å²) in [5.41, 5.74) is 5.69. The highest BCUT2D eigenvalue weighted by Gasteiger charge is 2.34. The van der Waals surface area contributed by atoms with Crippen molar-refractivity contribution in [3.63, 3.8) is 0 Å². The third-order valence-electron chi connectivity index (χ3n) is 7.39. The first kappa shape index (κ1) is 21.7. The van der Waals surface area contributed by atoms with Crippen LogP contribution >= 0.6 is 0 Å². The molecule has 0 unspecified atom stereocenters. The number of amides is 1. The molecule has 2 aromatic carbocycles. The fourth-order valence-corrected chi connectivity index (χ4v) is 5.51. The van der Waals surface area contributed by atoms with Crippen LogP contribution in [0.4, 0.5) is 0 Å². The number of imidazole rings is 1. The SMILES string of the molecule is Cc1nc2ccc(C(=O)NC3(CCN4CCc5ccc(C#N)cc5C4)CCCCC3)cc2[nH]1. The molecule has 6 heteroatoms. The zero-order valence-corrected chi connectivity index (χ0v) is 19.3. The molecule has 1 aromatic heterocycles. The molecule has 2 N–H and O–H groups in total. The lowest BCUT2D eigenvalue weighted by Gasteiger charge is -2.40. The van der Waals surface area contributed by atoms with E-state index < -0.39 is 0 Å². The summed E-state index contributed by atoms with van der Waals surface area (Å²) in [6.45, 7) is 4.79. The topological polar surface area (TPSA) is 84.8 Å². The van der Waals surface area contributed by atoms with Crippen LogP contribution in [-0.2, 0) is 13.0 Å². The number of H-pyrrole nitrogens is 1. The molecule has 1 amide bonds. The molecule has 2 aliphatic rings. The second-order valence-electron chi connectivity index (χ2n) is 9.72. The Morgan fingerprint density at radius 3 is 2.85 bits per heavy atom. The quantitative estimate of drug-likeness (QED) is 0.605. The van der Waals surface area contributed by atoms with Gasteiger partial charge in [0.2, 0.25) is 0 Å². The minimum atomic E-state index is -0.150. The van der Waals surface area contributed by atoms with Crippen molar-refractivity contribution in [1.82, 2.24) is 20.2 Å². The van der Waals surface area contributed by atoms with Gasteiger partial charge in [0.05, 0.1) is 22.7 Å². The molecule has 1 aliphatic carbocycles. The molecule has 1 aliphatic heterocycles. The highest BCUT2D eigenvalue weighted by molar-refractivity contribution is 5.97. The Morgan fingerprint density at radius 1 is 1.18 bits per heavy atom. The fourth-order valence-electron chi connectivity index (χ4n) is 5.51. The number of aromatic nitrogens is 2. The van der Waals surface area contributed by atoms with Crippen molar-refractivity contribution in [1.29, 1.82) is 5.26 Å². The van der Waals surface area contributed by atoms with Gasteiger partial charge in [0.15, 0.2) is 0 Å². The summed E-state index contributed by atoms with van der Waals surface area (Å²) in [7, 11) is 0. The summed E-state index contributed by atoms with van der Waals surface area (Å²) in [6.07, 6.45) is 7.60. The summed E-state index contributed by atoms with van der Waals surface area (Å²) in [4.78, 5) is 23.4. The van der Waals surface area contributed by atoms with E-state index in [4.69, 9.17) is 0 Å². The molecule has 0 bridgehead atoms. The van der Waals surface area contributed by atoms with Gasteiger partial charge in [0, 0.05) is 30.7 Å². The number of carbonyl (C=O) groups excluding carboxylic acids is 1. The predicted molar refractivity (Wildman–Crippen MR) is 129 cm³/mol. The third kappa shape index (κ3) is 4.65. The van der Waals surface area contributed by atoms with E-state index in [1.165, 1.54) is 17.5 Å². The monoisotopic (exact) mass is 441 g/mol. The van der Waals surface area contributed by atoms with Crippen LogP contribution in [0.3, 0.4) is 0 Å². The highest BCUT2D eigenvalue weighted by atomic mass is 16.1. The summed E-state index contributed by atoms with van der Waals surface area (Å²) < 4.78 is 0. The normalized spacial score (nSPS) is 17.9. The zero-order valence-electron chi connectivity index (χ0n) is 19.3. The van der Waals surface area contributed by atoms with Crippen molar-refractivity contribution in [2.24, 2.45) is 0 Å². The summed E-state index contributed by atoms with van der Waals surface area (Å²) in [5, 5.41) is 12.7. The van der Waals surface area contributed by atoms with Gasteiger partial charge in [-0.2, -0.15) is 5.26 Å². The first-order valence-electron chi connectivity index (χ1n) is 12.1. The van der Waals surface area contributed by atoms with Crippen LogP contribution in [0.2, 0.25) is 0 Å². The second-order valence-corrected chi connectivity index (χ2v) is 9.72. The lowest BCUT2D eigenvalue weighted by atomic mass is 9.78. The van der Waals surface area contributed by atoms with Crippen molar-refractivity contribution in [3.8, 4) is 6.07 Å². The van der Waals surface area contributed by atoms with Gasteiger partial charge in [0.1, 0.15) is 5.82 Å². The molecule has 5 rings (SSSR count). The number of rotatable bonds is 5. The molecule has 1 saturated carbocycles. The van der Waals surface area contributed by atoms with Crippen LogP contribution in [0.1, 0.15) is 71.4 Å². The van der Waals surface area contributed by atoms with E-state index in [2.05, 4.69) is 32.3 Å². The molecule has 0 saturated heterocycles.